The van der Waals surface area contributed by atoms with Crippen LogP contribution in [0.2, 0.25) is 0 Å². The Morgan fingerprint density at radius 2 is 2.20 bits per heavy atom. The average molecular weight is 206 g/mol. The van der Waals surface area contributed by atoms with Crippen LogP contribution in [0.1, 0.15) is 10.4 Å². The first-order valence-corrected chi connectivity index (χ1v) is 4.25. The average Bonchev–Trinajstić information content (AvgIpc) is 2.55. The number of H-pyrrole nitrogens is 1. The van der Waals surface area contributed by atoms with Gasteiger partial charge in [0.2, 0.25) is 0 Å². The number of aromatic nitrogens is 2. The third-order valence-electron chi connectivity index (χ3n) is 2.03. The molecule has 0 aliphatic heterocycles. The molecule has 0 aliphatic rings. The standard InChI is InChI=1S/C9H10N4O2/c1-15-8(14)5-2-4(10)3-6-7(5)13-9(11)12-6/h2-3H,10H2,1H3,(H3,11,12,13). The van der Waals surface area contributed by atoms with Gasteiger partial charge in [-0.05, 0) is 12.1 Å². The third-order valence-corrected chi connectivity index (χ3v) is 2.03. The summed E-state index contributed by atoms with van der Waals surface area (Å²) < 4.78 is 4.62. The third kappa shape index (κ3) is 1.45. The molecule has 15 heavy (non-hydrogen) atoms. The minimum absolute atomic E-state index is 0.237. The number of carbonyl (C=O) groups is 1. The zero-order chi connectivity index (χ0) is 11.0. The number of methoxy groups -OCH3 is 1. The van der Waals surface area contributed by atoms with E-state index in [2.05, 4.69) is 14.7 Å². The van der Waals surface area contributed by atoms with Crippen molar-refractivity contribution < 1.29 is 9.53 Å². The minimum Gasteiger partial charge on any atom is -0.465 e. The van der Waals surface area contributed by atoms with Crippen molar-refractivity contribution in [2.75, 3.05) is 18.6 Å². The number of nitrogens with zero attached hydrogens (tertiary/aromatic N) is 1. The maximum absolute atomic E-state index is 11.4. The normalized spacial score (nSPS) is 10.5. The largest absolute Gasteiger partial charge is 0.465 e. The summed E-state index contributed by atoms with van der Waals surface area (Å²) in [7, 11) is 1.30. The van der Waals surface area contributed by atoms with Crippen molar-refractivity contribution in [3.8, 4) is 0 Å². The molecule has 6 heteroatoms. The van der Waals surface area contributed by atoms with E-state index in [4.69, 9.17) is 11.5 Å². The molecular weight excluding hydrogens is 196 g/mol. The fraction of sp³-hybridized carbons (Fsp3) is 0.111. The number of imidazole rings is 1. The van der Waals surface area contributed by atoms with Gasteiger partial charge in [0, 0.05) is 5.69 Å². The van der Waals surface area contributed by atoms with Gasteiger partial charge in [0.25, 0.3) is 0 Å². The van der Waals surface area contributed by atoms with Gasteiger partial charge in [0.1, 0.15) is 5.52 Å². The van der Waals surface area contributed by atoms with Gasteiger partial charge in [-0.25, -0.2) is 9.78 Å². The lowest BCUT2D eigenvalue weighted by atomic mass is 10.1. The molecule has 0 bridgehead atoms. The Labute approximate surface area is 85.2 Å². The SMILES string of the molecule is COC(=O)c1cc(N)cc2[nH]c(N)nc12. The fourth-order valence-electron chi connectivity index (χ4n) is 1.42. The summed E-state index contributed by atoms with van der Waals surface area (Å²) in [5, 5.41) is 0. The maximum Gasteiger partial charge on any atom is 0.340 e. The van der Waals surface area contributed by atoms with Crippen LogP contribution in [0.3, 0.4) is 0 Å². The monoisotopic (exact) mass is 206 g/mol. The van der Waals surface area contributed by atoms with E-state index < -0.39 is 5.97 Å². The molecule has 6 nitrogen and oxygen atoms in total. The van der Waals surface area contributed by atoms with E-state index in [1.807, 2.05) is 0 Å². The lowest BCUT2D eigenvalue weighted by Gasteiger charge is -2.01. The van der Waals surface area contributed by atoms with E-state index in [9.17, 15) is 4.79 Å². The second kappa shape index (κ2) is 3.16. The lowest BCUT2D eigenvalue weighted by Crippen LogP contribution is -2.03. The van der Waals surface area contributed by atoms with Crippen molar-refractivity contribution in [1.82, 2.24) is 9.97 Å². The summed E-state index contributed by atoms with van der Waals surface area (Å²) in [4.78, 5) is 18.2. The number of esters is 1. The van der Waals surface area contributed by atoms with Crippen LogP contribution in [-0.2, 0) is 4.74 Å². The highest BCUT2D eigenvalue weighted by molar-refractivity contribution is 6.03. The van der Waals surface area contributed by atoms with E-state index in [1.54, 1.807) is 6.07 Å². The number of nitrogens with two attached hydrogens (primary N) is 2. The molecule has 0 saturated heterocycles. The van der Waals surface area contributed by atoms with Crippen molar-refractivity contribution in [3.05, 3.63) is 17.7 Å². The lowest BCUT2D eigenvalue weighted by molar-refractivity contribution is 0.0603. The van der Waals surface area contributed by atoms with Crippen LogP contribution in [0.25, 0.3) is 11.0 Å². The Balaban J connectivity index is 2.75. The Morgan fingerprint density at radius 3 is 2.87 bits per heavy atom. The number of hydrogen-bond acceptors (Lipinski definition) is 5. The van der Waals surface area contributed by atoms with Gasteiger partial charge >= 0.3 is 5.97 Å². The number of carbonyl (C=O) groups excluding carboxylic acids is 1. The molecule has 78 valence electrons. The summed E-state index contributed by atoms with van der Waals surface area (Å²) in [5.74, 6) is -0.250. The molecule has 0 radical (unpaired) electrons. The summed E-state index contributed by atoms with van der Waals surface area (Å²) in [6.07, 6.45) is 0. The molecule has 0 saturated carbocycles. The van der Waals surface area contributed by atoms with E-state index >= 15 is 0 Å². The van der Waals surface area contributed by atoms with Gasteiger partial charge in [-0.15, -0.1) is 0 Å². The predicted molar refractivity (Wildman–Crippen MR) is 56.3 cm³/mol. The highest BCUT2D eigenvalue weighted by atomic mass is 16.5. The molecule has 1 aromatic carbocycles. The molecule has 0 spiro atoms. The van der Waals surface area contributed by atoms with Crippen LogP contribution in [0.4, 0.5) is 11.6 Å². The van der Waals surface area contributed by atoms with Crippen LogP contribution in [0, 0.1) is 0 Å². The molecule has 5 N–H and O–H groups in total. The van der Waals surface area contributed by atoms with E-state index in [0.29, 0.717) is 22.3 Å². The van der Waals surface area contributed by atoms with Gasteiger partial charge in [-0.2, -0.15) is 0 Å². The highest BCUT2D eigenvalue weighted by Crippen LogP contribution is 2.21. The summed E-state index contributed by atoms with van der Waals surface area (Å²) in [6, 6.07) is 3.17. The molecule has 0 aliphatic carbocycles. The van der Waals surface area contributed by atoms with Crippen LogP contribution < -0.4 is 11.5 Å². The number of fused-ring (bicyclic) bond motifs is 1. The van der Waals surface area contributed by atoms with Gasteiger partial charge in [-0.3, -0.25) is 0 Å². The summed E-state index contributed by atoms with van der Waals surface area (Å²) in [6.45, 7) is 0. The minimum atomic E-state index is -0.487. The zero-order valence-electron chi connectivity index (χ0n) is 8.07. The Kier molecular flexibility index (Phi) is 1.96. The van der Waals surface area contributed by atoms with Crippen LogP contribution in [0.15, 0.2) is 12.1 Å². The second-order valence-corrected chi connectivity index (χ2v) is 3.08. The van der Waals surface area contributed by atoms with E-state index in [-0.39, 0.29) is 5.95 Å². The second-order valence-electron chi connectivity index (χ2n) is 3.08. The van der Waals surface area contributed by atoms with Crippen molar-refractivity contribution in [3.63, 3.8) is 0 Å². The smallest absolute Gasteiger partial charge is 0.340 e. The highest BCUT2D eigenvalue weighted by Gasteiger charge is 2.14. The Bertz CT molecular complexity index is 532. The molecule has 2 aromatic rings. The van der Waals surface area contributed by atoms with Crippen LogP contribution in [0.5, 0.6) is 0 Å². The fourth-order valence-corrected chi connectivity index (χ4v) is 1.42. The first-order chi connectivity index (χ1) is 7.11. The molecule has 0 amide bonds. The number of benzene rings is 1. The first kappa shape index (κ1) is 9.32. The van der Waals surface area contributed by atoms with Gasteiger partial charge in [0.05, 0.1) is 18.2 Å². The quantitative estimate of drug-likeness (QED) is 0.465. The molecule has 0 fully saturated rings. The Hall–Kier alpha value is -2.24. The topological polar surface area (TPSA) is 107 Å². The Morgan fingerprint density at radius 1 is 1.47 bits per heavy atom. The number of ether oxygens (including phenoxy) is 1. The number of nitrogen functional groups attached to an aromatic ring is 2. The molecule has 2 rings (SSSR count). The van der Waals surface area contributed by atoms with Crippen molar-refractivity contribution in [1.29, 1.82) is 0 Å². The van der Waals surface area contributed by atoms with Crippen molar-refractivity contribution in [2.45, 2.75) is 0 Å². The molecule has 0 atom stereocenters. The summed E-state index contributed by atoms with van der Waals surface area (Å²) >= 11 is 0. The van der Waals surface area contributed by atoms with Crippen molar-refractivity contribution in [2.24, 2.45) is 0 Å². The number of anilines is 2. The van der Waals surface area contributed by atoms with E-state index in [1.165, 1.54) is 13.2 Å². The molecule has 0 unspecified atom stereocenters. The number of rotatable bonds is 1. The molecule has 1 aromatic heterocycles. The first-order valence-electron chi connectivity index (χ1n) is 4.25. The number of aromatic amines is 1. The number of nitrogens with one attached hydrogen (secondary N) is 1. The maximum atomic E-state index is 11.4. The summed E-state index contributed by atoms with van der Waals surface area (Å²) in [5.41, 5.74) is 13.0. The molecular formula is C9H10N4O2. The zero-order valence-corrected chi connectivity index (χ0v) is 8.07. The van der Waals surface area contributed by atoms with Gasteiger partial charge < -0.3 is 21.2 Å². The van der Waals surface area contributed by atoms with Crippen LogP contribution >= 0.6 is 0 Å². The van der Waals surface area contributed by atoms with Crippen molar-refractivity contribution >= 4 is 28.6 Å². The van der Waals surface area contributed by atoms with Crippen LogP contribution in [-0.4, -0.2) is 23.0 Å². The predicted octanol–water partition coefficient (Wildman–Crippen LogP) is 0.514. The van der Waals surface area contributed by atoms with E-state index in [0.717, 1.165) is 0 Å². The molecule has 1 heterocycles. The van der Waals surface area contributed by atoms with Gasteiger partial charge in [0.15, 0.2) is 5.95 Å². The van der Waals surface area contributed by atoms with Gasteiger partial charge in [-0.1, -0.05) is 0 Å². The number of hydrogen-bond donors (Lipinski definition) is 3.